The smallest absolute Gasteiger partial charge is 0.126 e. The van der Waals surface area contributed by atoms with Crippen molar-refractivity contribution in [3.63, 3.8) is 0 Å². The highest BCUT2D eigenvalue weighted by Gasteiger charge is 2.26. The highest BCUT2D eigenvalue weighted by molar-refractivity contribution is 7.10. The molecule has 1 aromatic carbocycles. The Morgan fingerprint density at radius 1 is 1.30 bits per heavy atom. The Morgan fingerprint density at radius 2 is 2.09 bits per heavy atom. The van der Waals surface area contributed by atoms with Gasteiger partial charge in [-0.3, -0.25) is 4.90 Å². The molecule has 124 valence electrons. The molecule has 23 heavy (non-hydrogen) atoms. The SMILES string of the molecule is OC(CC1COCCN1Cc1cc(F)cc(F)c1)c1cccs1. The molecule has 0 radical (unpaired) electrons. The number of morpholine rings is 1. The van der Waals surface area contributed by atoms with Gasteiger partial charge in [0.2, 0.25) is 0 Å². The maximum atomic E-state index is 13.4. The number of hydrogen-bond donors (Lipinski definition) is 1. The number of thiophene rings is 1. The van der Waals surface area contributed by atoms with E-state index in [0.717, 1.165) is 10.9 Å². The Balaban J connectivity index is 1.68. The molecule has 1 saturated heterocycles. The normalized spacial score (nSPS) is 20.6. The van der Waals surface area contributed by atoms with Crippen molar-refractivity contribution in [2.75, 3.05) is 19.8 Å². The van der Waals surface area contributed by atoms with Crippen LogP contribution in [0.25, 0.3) is 0 Å². The quantitative estimate of drug-likeness (QED) is 0.907. The summed E-state index contributed by atoms with van der Waals surface area (Å²) in [6.45, 7) is 2.23. The third-order valence-electron chi connectivity index (χ3n) is 4.02. The fourth-order valence-electron chi connectivity index (χ4n) is 2.91. The molecule has 6 heteroatoms. The zero-order chi connectivity index (χ0) is 16.2. The van der Waals surface area contributed by atoms with Crippen LogP contribution in [0.3, 0.4) is 0 Å². The highest BCUT2D eigenvalue weighted by Crippen LogP contribution is 2.26. The van der Waals surface area contributed by atoms with Gasteiger partial charge in [0.1, 0.15) is 11.6 Å². The molecule has 0 spiro atoms. The Hall–Kier alpha value is -1.34. The van der Waals surface area contributed by atoms with E-state index in [0.29, 0.717) is 38.3 Å². The molecular formula is C17H19F2NO2S. The molecule has 2 aromatic rings. The second-order valence-corrected chi connectivity index (χ2v) is 6.72. The van der Waals surface area contributed by atoms with E-state index in [2.05, 4.69) is 4.90 Å². The highest BCUT2D eigenvalue weighted by atomic mass is 32.1. The molecule has 1 aliphatic rings. The average Bonchev–Trinajstić information content (AvgIpc) is 3.02. The Kier molecular flexibility index (Phi) is 5.38. The predicted molar refractivity (Wildman–Crippen MR) is 85.3 cm³/mol. The van der Waals surface area contributed by atoms with Crippen molar-refractivity contribution in [1.82, 2.24) is 4.90 Å². The van der Waals surface area contributed by atoms with E-state index < -0.39 is 17.7 Å². The molecule has 0 amide bonds. The lowest BCUT2D eigenvalue weighted by molar-refractivity contribution is -0.0296. The van der Waals surface area contributed by atoms with Crippen LogP contribution in [0.15, 0.2) is 35.7 Å². The van der Waals surface area contributed by atoms with Crippen LogP contribution in [-0.4, -0.2) is 35.8 Å². The van der Waals surface area contributed by atoms with Gasteiger partial charge in [0.05, 0.1) is 19.3 Å². The minimum Gasteiger partial charge on any atom is -0.388 e. The first kappa shape index (κ1) is 16.5. The summed E-state index contributed by atoms with van der Waals surface area (Å²) < 4.78 is 32.2. The molecular weight excluding hydrogens is 320 g/mol. The second kappa shape index (κ2) is 7.49. The molecule has 3 nitrogen and oxygen atoms in total. The average molecular weight is 339 g/mol. The van der Waals surface area contributed by atoms with Crippen LogP contribution in [0.1, 0.15) is 23.0 Å². The standard InChI is InChI=1S/C17H19F2NO2S/c18-13-6-12(7-14(19)8-13)10-20-3-4-22-11-15(20)9-16(21)17-2-1-5-23-17/h1-2,5-8,15-16,21H,3-4,9-11H2. The first-order valence-electron chi connectivity index (χ1n) is 7.60. The molecule has 2 atom stereocenters. The van der Waals surface area contributed by atoms with Gasteiger partial charge in [0.15, 0.2) is 0 Å². The largest absolute Gasteiger partial charge is 0.388 e. The molecule has 0 aliphatic carbocycles. The van der Waals surface area contributed by atoms with Crippen molar-refractivity contribution in [1.29, 1.82) is 0 Å². The van der Waals surface area contributed by atoms with Gasteiger partial charge in [0.25, 0.3) is 0 Å². The number of aliphatic hydroxyl groups is 1. The van der Waals surface area contributed by atoms with E-state index in [1.165, 1.54) is 23.5 Å². The van der Waals surface area contributed by atoms with Crippen molar-refractivity contribution in [3.8, 4) is 0 Å². The molecule has 0 saturated carbocycles. The lowest BCUT2D eigenvalue weighted by atomic mass is 10.0. The molecule has 1 aromatic heterocycles. The summed E-state index contributed by atoms with van der Waals surface area (Å²) in [6.07, 6.45) is -0.00774. The van der Waals surface area contributed by atoms with Crippen LogP contribution in [0, 0.1) is 11.6 Å². The van der Waals surface area contributed by atoms with E-state index in [9.17, 15) is 13.9 Å². The van der Waals surface area contributed by atoms with E-state index in [1.807, 2.05) is 17.5 Å². The summed E-state index contributed by atoms with van der Waals surface area (Å²) in [5, 5.41) is 12.3. The monoisotopic (exact) mass is 339 g/mol. The number of halogens is 2. The number of aliphatic hydroxyl groups excluding tert-OH is 1. The fraction of sp³-hybridized carbons (Fsp3) is 0.412. The van der Waals surface area contributed by atoms with Crippen LogP contribution in [0.2, 0.25) is 0 Å². The molecule has 1 aliphatic heterocycles. The first-order chi connectivity index (χ1) is 11.1. The number of nitrogens with zero attached hydrogens (tertiary/aromatic N) is 1. The predicted octanol–water partition coefficient (Wildman–Crippen LogP) is 3.35. The fourth-order valence-corrected chi connectivity index (χ4v) is 3.63. The molecule has 2 unspecified atom stereocenters. The summed E-state index contributed by atoms with van der Waals surface area (Å²) in [4.78, 5) is 3.04. The molecule has 0 bridgehead atoms. The molecule has 1 N–H and O–H groups in total. The number of rotatable bonds is 5. The van der Waals surface area contributed by atoms with Gasteiger partial charge in [-0.15, -0.1) is 11.3 Å². The van der Waals surface area contributed by atoms with E-state index in [4.69, 9.17) is 4.74 Å². The Bertz CT molecular complexity index is 615. The topological polar surface area (TPSA) is 32.7 Å². The maximum absolute atomic E-state index is 13.4. The van der Waals surface area contributed by atoms with Gasteiger partial charge in [-0.1, -0.05) is 6.07 Å². The van der Waals surface area contributed by atoms with Gasteiger partial charge < -0.3 is 9.84 Å². The summed E-state index contributed by atoms with van der Waals surface area (Å²) in [5.74, 6) is -1.13. The minimum atomic E-state index is -0.566. The van der Waals surface area contributed by atoms with Crippen LogP contribution < -0.4 is 0 Å². The van der Waals surface area contributed by atoms with Gasteiger partial charge >= 0.3 is 0 Å². The van der Waals surface area contributed by atoms with Crippen molar-refractivity contribution in [2.45, 2.75) is 25.1 Å². The number of hydrogen-bond acceptors (Lipinski definition) is 4. The lowest BCUT2D eigenvalue weighted by Crippen LogP contribution is -2.45. The molecule has 1 fully saturated rings. The third kappa shape index (κ3) is 4.35. The summed E-state index contributed by atoms with van der Waals surface area (Å²) >= 11 is 1.52. The van der Waals surface area contributed by atoms with Crippen LogP contribution >= 0.6 is 11.3 Å². The number of ether oxygens (including phenoxy) is 1. The first-order valence-corrected chi connectivity index (χ1v) is 8.48. The zero-order valence-electron chi connectivity index (χ0n) is 12.6. The molecule has 2 heterocycles. The van der Waals surface area contributed by atoms with E-state index >= 15 is 0 Å². The maximum Gasteiger partial charge on any atom is 0.126 e. The van der Waals surface area contributed by atoms with E-state index in [-0.39, 0.29) is 6.04 Å². The van der Waals surface area contributed by atoms with Crippen LogP contribution in [0.5, 0.6) is 0 Å². The van der Waals surface area contributed by atoms with Crippen molar-refractivity contribution >= 4 is 11.3 Å². The van der Waals surface area contributed by atoms with E-state index in [1.54, 1.807) is 0 Å². The molecule has 3 rings (SSSR count). The third-order valence-corrected chi connectivity index (χ3v) is 5.00. The summed E-state index contributed by atoms with van der Waals surface area (Å²) in [7, 11) is 0. The van der Waals surface area contributed by atoms with Crippen LogP contribution in [0.4, 0.5) is 8.78 Å². The Labute approximate surface area is 138 Å². The van der Waals surface area contributed by atoms with Gasteiger partial charge in [0, 0.05) is 30.1 Å². The van der Waals surface area contributed by atoms with Crippen molar-refractivity contribution in [3.05, 3.63) is 57.8 Å². The minimum absolute atomic E-state index is 0.0205. The lowest BCUT2D eigenvalue weighted by Gasteiger charge is -2.36. The number of benzene rings is 1. The summed E-state index contributed by atoms with van der Waals surface area (Å²) in [5.41, 5.74) is 0.597. The summed E-state index contributed by atoms with van der Waals surface area (Å²) in [6, 6.07) is 7.42. The van der Waals surface area contributed by atoms with Crippen LogP contribution in [-0.2, 0) is 11.3 Å². The van der Waals surface area contributed by atoms with Gasteiger partial charge in [-0.25, -0.2) is 8.78 Å². The second-order valence-electron chi connectivity index (χ2n) is 5.74. The van der Waals surface area contributed by atoms with Gasteiger partial charge in [-0.2, -0.15) is 0 Å². The van der Waals surface area contributed by atoms with Gasteiger partial charge in [-0.05, 0) is 35.6 Å². The van der Waals surface area contributed by atoms with Crippen molar-refractivity contribution < 1.29 is 18.6 Å². The van der Waals surface area contributed by atoms with Crippen molar-refractivity contribution in [2.24, 2.45) is 0 Å². The Morgan fingerprint density at radius 3 is 2.78 bits per heavy atom. The zero-order valence-corrected chi connectivity index (χ0v) is 13.4.